The Morgan fingerprint density at radius 3 is 2.52 bits per heavy atom. The van der Waals surface area contributed by atoms with Crippen molar-refractivity contribution in [3.8, 4) is 0 Å². The fraction of sp³-hybridized carbons (Fsp3) is 0.947. The summed E-state index contributed by atoms with van der Waals surface area (Å²) in [5.41, 5.74) is 0.130. The minimum atomic E-state index is -4.37. The van der Waals surface area contributed by atoms with Gasteiger partial charge in [-0.1, -0.05) is 13.8 Å². The molecule has 0 spiro atoms. The van der Waals surface area contributed by atoms with Crippen LogP contribution in [0.25, 0.3) is 0 Å². The van der Waals surface area contributed by atoms with Gasteiger partial charge < -0.3 is 0 Å². The first kappa shape index (κ1) is 17.9. The Labute approximate surface area is 150 Å². The van der Waals surface area contributed by atoms with E-state index in [0.29, 0.717) is 35.9 Å². The number of hydrogen-bond donors (Lipinski definition) is 1. The Morgan fingerprint density at radius 2 is 1.80 bits per heavy atom. The molecule has 4 saturated carbocycles. The van der Waals surface area contributed by atoms with Crippen LogP contribution in [0, 0.1) is 34.5 Å². The average molecular weight is 371 g/mol. The Morgan fingerprint density at radius 1 is 1.04 bits per heavy atom. The second-order valence-electron chi connectivity index (χ2n) is 9.50. The Kier molecular flexibility index (Phi) is 4.14. The van der Waals surface area contributed by atoms with Gasteiger partial charge in [0.15, 0.2) is 0 Å². The smallest absolute Gasteiger partial charge is 0.299 e. The van der Waals surface area contributed by atoms with E-state index in [1.807, 2.05) is 0 Å². The number of hydrogen-bond acceptors (Lipinski definition) is 4. The summed E-state index contributed by atoms with van der Waals surface area (Å²) in [7, 11) is -4.37. The molecule has 0 bridgehead atoms. The number of ketones is 1. The third kappa shape index (κ3) is 2.79. The van der Waals surface area contributed by atoms with Gasteiger partial charge in [-0.25, -0.2) is 4.18 Å². The molecule has 0 aromatic carbocycles. The lowest BCUT2D eigenvalue weighted by molar-refractivity contribution is -0.141. The van der Waals surface area contributed by atoms with Crippen molar-refractivity contribution in [3.05, 3.63) is 0 Å². The highest BCUT2D eigenvalue weighted by molar-refractivity contribution is 7.80. The Bertz CT molecular complexity index is 673. The standard InChI is InChI=1S/C19H30O5S/c1-18-9-7-13(24-25(21,22)23)11-12(18)3-4-14-15-5-6-17(20)19(15,2)10-8-16(14)18/h12-16H,3-11H2,1-2H3,(H,21,22,23)/t12-,13+,14+,15+,16+,18+,19+/m1/s1. The van der Waals surface area contributed by atoms with Crippen LogP contribution in [0.4, 0.5) is 0 Å². The number of carbonyl (C=O) groups is 1. The van der Waals surface area contributed by atoms with Gasteiger partial charge in [0, 0.05) is 11.8 Å². The molecule has 4 rings (SSSR count). The first-order valence-electron chi connectivity index (χ1n) is 9.82. The van der Waals surface area contributed by atoms with E-state index in [4.69, 9.17) is 8.74 Å². The van der Waals surface area contributed by atoms with Gasteiger partial charge in [-0.2, -0.15) is 8.42 Å². The van der Waals surface area contributed by atoms with Crippen LogP contribution >= 0.6 is 0 Å². The maximum atomic E-state index is 12.4. The van der Waals surface area contributed by atoms with Crippen LogP contribution in [-0.2, 0) is 19.4 Å². The highest BCUT2D eigenvalue weighted by Crippen LogP contribution is 2.65. The van der Waals surface area contributed by atoms with E-state index in [1.165, 1.54) is 0 Å². The predicted octanol–water partition coefficient (Wildman–Crippen LogP) is 3.79. The molecule has 5 nitrogen and oxygen atoms in total. The molecule has 0 saturated heterocycles. The Hall–Kier alpha value is -0.460. The lowest BCUT2D eigenvalue weighted by Crippen LogP contribution is -2.54. The fourth-order valence-electron chi connectivity index (χ4n) is 7.25. The van der Waals surface area contributed by atoms with Crippen molar-refractivity contribution < 1.29 is 21.9 Å². The SMILES string of the molecule is C[C@]12CC[C@H](OS(=O)(=O)O)C[C@H]1CC[C@@H]1[C@@H]2CC[C@]2(C)C(=O)CC[C@@H]12. The molecule has 1 N–H and O–H groups in total. The fourth-order valence-corrected chi connectivity index (χ4v) is 7.77. The maximum Gasteiger partial charge on any atom is 0.397 e. The quantitative estimate of drug-likeness (QED) is 0.748. The van der Waals surface area contributed by atoms with Crippen molar-refractivity contribution >= 4 is 16.2 Å². The lowest BCUT2D eigenvalue weighted by Gasteiger charge is -2.60. The van der Waals surface area contributed by atoms with Crippen molar-refractivity contribution in [1.29, 1.82) is 0 Å². The summed E-state index contributed by atoms with van der Waals surface area (Å²) in [5, 5.41) is 0. The van der Waals surface area contributed by atoms with E-state index in [1.54, 1.807) is 0 Å². The molecule has 0 unspecified atom stereocenters. The van der Waals surface area contributed by atoms with Gasteiger partial charge in [0.05, 0.1) is 6.10 Å². The van der Waals surface area contributed by atoms with Gasteiger partial charge >= 0.3 is 10.4 Å². The third-order valence-corrected chi connectivity index (χ3v) is 9.10. The molecule has 0 aromatic rings. The lowest BCUT2D eigenvalue weighted by atomic mass is 9.45. The molecular weight excluding hydrogens is 340 g/mol. The molecule has 4 aliphatic carbocycles. The zero-order chi connectivity index (χ0) is 18.0. The first-order valence-corrected chi connectivity index (χ1v) is 11.2. The van der Waals surface area contributed by atoms with E-state index < -0.39 is 10.4 Å². The molecule has 0 amide bonds. The summed E-state index contributed by atoms with van der Waals surface area (Å²) in [6.07, 6.45) is 8.19. The second-order valence-corrected chi connectivity index (χ2v) is 10.5. The number of Topliss-reactive ketones (excluding diaryl/α,β-unsaturated/α-hetero) is 1. The monoisotopic (exact) mass is 370 g/mol. The molecule has 7 atom stereocenters. The second kappa shape index (κ2) is 5.77. The molecular formula is C19H30O5S. The van der Waals surface area contributed by atoms with Gasteiger partial charge in [-0.3, -0.25) is 9.35 Å². The van der Waals surface area contributed by atoms with E-state index in [0.717, 1.165) is 51.4 Å². The molecule has 142 valence electrons. The van der Waals surface area contributed by atoms with Crippen molar-refractivity contribution in [2.75, 3.05) is 0 Å². The summed E-state index contributed by atoms with van der Waals surface area (Å²) in [6, 6.07) is 0. The largest absolute Gasteiger partial charge is 0.397 e. The van der Waals surface area contributed by atoms with Crippen molar-refractivity contribution in [2.24, 2.45) is 34.5 Å². The summed E-state index contributed by atoms with van der Waals surface area (Å²) < 4.78 is 36.0. The van der Waals surface area contributed by atoms with E-state index in [-0.39, 0.29) is 16.9 Å². The minimum absolute atomic E-state index is 0.0877. The van der Waals surface area contributed by atoms with Gasteiger partial charge in [0.2, 0.25) is 0 Å². The Balaban J connectivity index is 1.54. The summed E-state index contributed by atoms with van der Waals surface area (Å²) in [6.45, 7) is 4.59. The predicted molar refractivity (Wildman–Crippen MR) is 93.2 cm³/mol. The summed E-state index contributed by atoms with van der Waals surface area (Å²) >= 11 is 0. The van der Waals surface area contributed by atoms with Crippen molar-refractivity contribution in [3.63, 3.8) is 0 Å². The van der Waals surface area contributed by atoms with Crippen LogP contribution in [0.15, 0.2) is 0 Å². The maximum absolute atomic E-state index is 12.4. The molecule has 0 aliphatic heterocycles. The summed E-state index contributed by atoms with van der Waals surface area (Å²) in [5.74, 6) is 2.76. The van der Waals surface area contributed by atoms with Crippen LogP contribution in [0.1, 0.15) is 71.6 Å². The van der Waals surface area contributed by atoms with E-state index >= 15 is 0 Å². The van der Waals surface area contributed by atoms with Crippen molar-refractivity contribution in [1.82, 2.24) is 0 Å². The number of fused-ring (bicyclic) bond motifs is 5. The average Bonchev–Trinajstić information content (AvgIpc) is 2.82. The van der Waals surface area contributed by atoms with Crippen molar-refractivity contribution in [2.45, 2.75) is 77.7 Å². The van der Waals surface area contributed by atoms with Gasteiger partial charge in [-0.05, 0) is 80.5 Å². The highest BCUT2D eigenvalue weighted by Gasteiger charge is 2.60. The molecule has 0 aromatic heterocycles. The normalized spacial score (nSPS) is 50.0. The molecule has 25 heavy (non-hydrogen) atoms. The van der Waals surface area contributed by atoms with Crippen LogP contribution in [0.2, 0.25) is 0 Å². The molecule has 0 heterocycles. The number of rotatable bonds is 2. The van der Waals surface area contributed by atoms with Crippen LogP contribution in [0.3, 0.4) is 0 Å². The van der Waals surface area contributed by atoms with E-state index in [2.05, 4.69) is 13.8 Å². The van der Waals surface area contributed by atoms with Gasteiger partial charge in [-0.15, -0.1) is 0 Å². The molecule has 4 aliphatic rings. The third-order valence-electron chi connectivity index (χ3n) is 8.58. The molecule has 4 fully saturated rings. The topological polar surface area (TPSA) is 80.7 Å². The van der Waals surface area contributed by atoms with Crippen LogP contribution in [-0.4, -0.2) is 24.9 Å². The summed E-state index contributed by atoms with van der Waals surface area (Å²) in [4.78, 5) is 12.4. The molecule has 0 radical (unpaired) electrons. The minimum Gasteiger partial charge on any atom is -0.299 e. The van der Waals surface area contributed by atoms with Crippen LogP contribution < -0.4 is 0 Å². The number of carbonyl (C=O) groups excluding carboxylic acids is 1. The highest BCUT2D eigenvalue weighted by atomic mass is 32.3. The van der Waals surface area contributed by atoms with E-state index in [9.17, 15) is 13.2 Å². The molecule has 6 heteroatoms. The first-order chi connectivity index (χ1) is 11.6. The zero-order valence-electron chi connectivity index (χ0n) is 15.2. The zero-order valence-corrected chi connectivity index (χ0v) is 16.1. The van der Waals surface area contributed by atoms with Crippen LogP contribution in [0.5, 0.6) is 0 Å². The van der Waals surface area contributed by atoms with Gasteiger partial charge in [0.1, 0.15) is 5.78 Å². The van der Waals surface area contributed by atoms with Gasteiger partial charge in [0.25, 0.3) is 0 Å².